The van der Waals surface area contributed by atoms with Gasteiger partial charge in [0.05, 0.1) is 12.4 Å². The maximum absolute atomic E-state index is 12.2. The van der Waals surface area contributed by atoms with Gasteiger partial charge in [0.1, 0.15) is 5.75 Å². The van der Waals surface area contributed by atoms with E-state index in [2.05, 4.69) is 16.0 Å². The second kappa shape index (κ2) is 11.2. The third kappa shape index (κ3) is 7.09. The minimum absolute atomic E-state index is 0.0559. The van der Waals surface area contributed by atoms with Crippen molar-refractivity contribution < 1.29 is 9.53 Å². The van der Waals surface area contributed by atoms with Gasteiger partial charge in [0.15, 0.2) is 5.11 Å². The first-order chi connectivity index (χ1) is 14.6. The lowest BCUT2D eigenvalue weighted by Gasteiger charge is -2.11. The van der Waals surface area contributed by atoms with Crippen LogP contribution in [0.5, 0.6) is 5.75 Å². The molecule has 0 bridgehead atoms. The van der Waals surface area contributed by atoms with Gasteiger partial charge in [0.2, 0.25) is 5.91 Å². The molecule has 0 atom stereocenters. The molecule has 3 rings (SSSR count). The maximum Gasteiger partial charge on any atom is 0.234 e. The van der Waals surface area contributed by atoms with Crippen molar-refractivity contribution >= 4 is 52.1 Å². The standard InChI is InChI=1S/C23H23N3O2S2/c1-2-28-20-12-8-18(9-13-20)24-22(27)16-30-21-14-10-19(11-15-21)26-23(29)25-17-6-4-3-5-7-17/h3-15H,2,16H2,1H3,(H,24,27)(H2,25,26,29). The monoisotopic (exact) mass is 437 g/mol. The molecule has 0 fully saturated rings. The zero-order chi connectivity index (χ0) is 21.2. The molecular weight excluding hydrogens is 414 g/mol. The van der Waals surface area contributed by atoms with Gasteiger partial charge in [-0.25, -0.2) is 0 Å². The molecule has 3 N–H and O–H groups in total. The van der Waals surface area contributed by atoms with Crippen LogP contribution in [0.2, 0.25) is 0 Å². The van der Waals surface area contributed by atoms with Crippen molar-refractivity contribution in [1.82, 2.24) is 0 Å². The predicted octanol–water partition coefficient (Wildman–Crippen LogP) is 5.63. The molecule has 0 heterocycles. The van der Waals surface area contributed by atoms with Gasteiger partial charge in [-0.1, -0.05) is 18.2 Å². The molecule has 0 aliphatic heterocycles. The van der Waals surface area contributed by atoms with Crippen molar-refractivity contribution in [1.29, 1.82) is 0 Å². The van der Waals surface area contributed by atoms with Crippen LogP contribution in [0, 0.1) is 0 Å². The van der Waals surface area contributed by atoms with Crippen molar-refractivity contribution in [2.45, 2.75) is 11.8 Å². The lowest BCUT2D eigenvalue weighted by atomic mass is 10.3. The van der Waals surface area contributed by atoms with Crippen molar-refractivity contribution in [2.75, 3.05) is 28.3 Å². The number of carbonyl (C=O) groups is 1. The third-order valence-corrected chi connectivity index (χ3v) is 5.18. The molecule has 7 heteroatoms. The Morgan fingerprint density at radius 3 is 2.03 bits per heavy atom. The lowest BCUT2D eigenvalue weighted by molar-refractivity contribution is -0.113. The summed E-state index contributed by atoms with van der Waals surface area (Å²) in [5, 5.41) is 9.70. The molecule has 0 unspecified atom stereocenters. The minimum atomic E-state index is -0.0559. The average Bonchev–Trinajstić information content (AvgIpc) is 2.75. The van der Waals surface area contributed by atoms with Crippen molar-refractivity contribution in [3.63, 3.8) is 0 Å². The van der Waals surface area contributed by atoms with E-state index in [-0.39, 0.29) is 5.91 Å². The highest BCUT2D eigenvalue weighted by Gasteiger charge is 2.05. The Labute approximate surface area is 186 Å². The number of hydrogen-bond acceptors (Lipinski definition) is 4. The summed E-state index contributed by atoms with van der Waals surface area (Å²) in [5.41, 5.74) is 2.57. The molecule has 3 aromatic rings. The number of thiocarbonyl (C=S) groups is 1. The normalized spacial score (nSPS) is 10.2. The van der Waals surface area contributed by atoms with Gasteiger partial charge in [-0.3, -0.25) is 4.79 Å². The molecule has 0 aliphatic rings. The van der Waals surface area contributed by atoms with E-state index in [1.807, 2.05) is 85.8 Å². The number of thioether (sulfide) groups is 1. The predicted molar refractivity (Wildman–Crippen MR) is 130 cm³/mol. The Balaban J connectivity index is 1.43. The van der Waals surface area contributed by atoms with Crippen molar-refractivity contribution in [2.24, 2.45) is 0 Å². The van der Waals surface area contributed by atoms with Gasteiger partial charge in [0.25, 0.3) is 0 Å². The molecule has 5 nitrogen and oxygen atoms in total. The van der Waals surface area contributed by atoms with Gasteiger partial charge < -0.3 is 20.7 Å². The first kappa shape index (κ1) is 21.7. The van der Waals surface area contributed by atoms with E-state index in [9.17, 15) is 4.79 Å². The SMILES string of the molecule is CCOc1ccc(NC(=O)CSc2ccc(NC(=S)Nc3ccccc3)cc2)cc1. The Morgan fingerprint density at radius 1 is 0.833 bits per heavy atom. The molecule has 0 radical (unpaired) electrons. The maximum atomic E-state index is 12.2. The zero-order valence-corrected chi connectivity index (χ0v) is 18.2. The van der Waals surface area contributed by atoms with E-state index in [1.54, 1.807) is 0 Å². The number of carbonyl (C=O) groups excluding carboxylic acids is 1. The molecule has 0 saturated carbocycles. The fourth-order valence-electron chi connectivity index (χ4n) is 2.60. The summed E-state index contributed by atoms with van der Waals surface area (Å²) in [6, 6.07) is 24.9. The molecule has 0 spiro atoms. The summed E-state index contributed by atoms with van der Waals surface area (Å²) < 4.78 is 5.40. The lowest BCUT2D eigenvalue weighted by Crippen LogP contribution is -2.18. The van der Waals surface area contributed by atoms with Crippen LogP contribution in [0.1, 0.15) is 6.92 Å². The summed E-state index contributed by atoms with van der Waals surface area (Å²) in [4.78, 5) is 13.2. The number of benzene rings is 3. The average molecular weight is 438 g/mol. The summed E-state index contributed by atoms with van der Waals surface area (Å²) in [6.45, 7) is 2.55. The summed E-state index contributed by atoms with van der Waals surface area (Å²) >= 11 is 6.81. The molecule has 1 amide bonds. The Bertz CT molecular complexity index is 962. The molecule has 3 aromatic carbocycles. The first-order valence-corrected chi connectivity index (χ1v) is 10.9. The van der Waals surface area contributed by atoms with Crippen LogP contribution in [0.3, 0.4) is 0 Å². The Morgan fingerprint density at radius 2 is 1.40 bits per heavy atom. The molecule has 0 aromatic heterocycles. The van der Waals surface area contributed by atoms with Crippen LogP contribution >= 0.6 is 24.0 Å². The molecule has 0 aliphatic carbocycles. The number of hydrogen-bond donors (Lipinski definition) is 3. The highest BCUT2D eigenvalue weighted by atomic mass is 32.2. The fraction of sp³-hybridized carbons (Fsp3) is 0.130. The summed E-state index contributed by atoms with van der Waals surface area (Å²) in [7, 11) is 0. The molecule has 154 valence electrons. The molecule has 30 heavy (non-hydrogen) atoms. The fourth-order valence-corrected chi connectivity index (χ4v) is 3.53. The van der Waals surface area contributed by atoms with Crippen molar-refractivity contribution in [3.05, 3.63) is 78.9 Å². The zero-order valence-electron chi connectivity index (χ0n) is 16.6. The van der Waals surface area contributed by atoms with Crippen LogP contribution in [0.25, 0.3) is 0 Å². The topological polar surface area (TPSA) is 62.4 Å². The molecular formula is C23H23N3O2S2. The van der Waals surface area contributed by atoms with Crippen LogP contribution in [-0.2, 0) is 4.79 Å². The van der Waals surface area contributed by atoms with Crippen LogP contribution < -0.4 is 20.7 Å². The van der Waals surface area contributed by atoms with E-state index < -0.39 is 0 Å². The number of nitrogens with one attached hydrogen (secondary N) is 3. The number of para-hydroxylation sites is 1. The van der Waals surface area contributed by atoms with E-state index in [0.29, 0.717) is 17.5 Å². The van der Waals surface area contributed by atoms with Crippen LogP contribution in [-0.4, -0.2) is 23.4 Å². The first-order valence-electron chi connectivity index (χ1n) is 9.51. The number of rotatable bonds is 8. The smallest absolute Gasteiger partial charge is 0.234 e. The largest absolute Gasteiger partial charge is 0.494 e. The summed E-state index contributed by atoms with van der Waals surface area (Å²) in [6.07, 6.45) is 0. The van der Waals surface area contributed by atoms with Crippen LogP contribution in [0.15, 0.2) is 83.8 Å². The third-order valence-electron chi connectivity index (χ3n) is 3.96. The van der Waals surface area contributed by atoms with Gasteiger partial charge in [-0.05, 0) is 79.8 Å². The second-order valence-electron chi connectivity index (χ2n) is 6.26. The van der Waals surface area contributed by atoms with Crippen LogP contribution in [0.4, 0.5) is 17.1 Å². The Kier molecular flexibility index (Phi) is 8.11. The van der Waals surface area contributed by atoms with E-state index in [1.165, 1.54) is 11.8 Å². The van der Waals surface area contributed by atoms with E-state index in [4.69, 9.17) is 17.0 Å². The quantitative estimate of drug-likeness (QED) is 0.314. The second-order valence-corrected chi connectivity index (χ2v) is 7.72. The van der Waals surface area contributed by atoms with Gasteiger partial charge in [-0.15, -0.1) is 11.8 Å². The van der Waals surface area contributed by atoms with Crippen molar-refractivity contribution in [3.8, 4) is 5.75 Å². The summed E-state index contributed by atoms with van der Waals surface area (Å²) in [5.74, 6) is 1.06. The van der Waals surface area contributed by atoms with Gasteiger partial charge in [0, 0.05) is 22.0 Å². The van der Waals surface area contributed by atoms with Gasteiger partial charge >= 0.3 is 0 Å². The number of amides is 1. The highest BCUT2D eigenvalue weighted by Crippen LogP contribution is 2.21. The number of ether oxygens (including phenoxy) is 1. The minimum Gasteiger partial charge on any atom is -0.494 e. The number of anilines is 3. The highest BCUT2D eigenvalue weighted by molar-refractivity contribution is 8.00. The van der Waals surface area contributed by atoms with Gasteiger partial charge in [-0.2, -0.15) is 0 Å². The molecule has 0 saturated heterocycles. The Hall–Kier alpha value is -3.03. The van der Waals surface area contributed by atoms with E-state index >= 15 is 0 Å². The van der Waals surface area contributed by atoms with E-state index in [0.717, 1.165) is 27.7 Å².